The predicted octanol–water partition coefficient (Wildman–Crippen LogP) is 3.83. The smallest absolute Gasteiger partial charge is 0.320 e. The van der Waals surface area contributed by atoms with Crippen molar-refractivity contribution in [3.63, 3.8) is 0 Å². The van der Waals surface area contributed by atoms with Gasteiger partial charge in [-0.05, 0) is 49.6 Å². The zero-order chi connectivity index (χ0) is 15.7. The Balaban J connectivity index is 2.03. The van der Waals surface area contributed by atoms with Crippen molar-refractivity contribution in [3.8, 4) is 0 Å². The summed E-state index contributed by atoms with van der Waals surface area (Å²) in [6.45, 7) is 2.78. The molecule has 1 saturated heterocycles. The molecule has 116 valence electrons. The quantitative estimate of drug-likeness (QED) is 0.931. The highest BCUT2D eigenvalue weighted by molar-refractivity contribution is 7.12. The normalized spacial score (nSPS) is 20.2. The van der Waals surface area contributed by atoms with Gasteiger partial charge in [0, 0.05) is 16.3 Å². The molecular formula is C17H18FNO2S. The molecule has 3 nitrogen and oxygen atoms in total. The lowest BCUT2D eigenvalue weighted by atomic mass is 10.0. The zero-order valence-electron chi connectivity index (χ0n) is 12.3. The van der Waals surface area contributed by atoms with E-state index in [0.29, 0.717) is 6.42 Å². The van der Waals surface area contributed by atoms with Gasteiger partial charge in [-0.15, -0.1) is 11.3 Å². The summed E-state index contributed by atoms with van der Waals surface area (Å²) in [5.41, 5.74) is 0.941. The van der Waals surface area contributed by atoms with Gasteiger partial charge in [-0.3, -0.25) is 9.69 Å². The minimum Gasteiger partial charge on any atom is -0.480 e. The molecule has 0 bridgehead atoms. The lowest BCUT2D eigenvalue weighted by molar-refractivity contribution is -0.142. The van der Waals surface area contributed by atoms with Crippen molar-refractivity contribution in [1.29, 1.82) is 0 Å². The summed E-state index contributed by atoms with van der Waals surface area (Å²) < 4.78 is 13.2. The third-order valence-electron chi connectivity index (χ3n) is 4.13. The molecule has 1 aliphatic heterocycles. The summed E-state index contributed by atoms with van der Waals surface area (Å²) in [7, 11) is 0. The van der Waals surface area contributed by atoms with Crippen molar-refractivity contribution in [2.24, 2.45) is 0 Å². The molecule has 0 aliphatic carbocycles. The number of hydrogen-bond acceptors (Lipinski definition) is 3. The van der Waals surface area contributed by atoms with E-state index in [1.165, 1.54) is 17.0 Å². The fourth-order valence-corrected chi connectivity index (χ4v) is 4.15. The fourth-order valence-electron chi connectivity index (χ4n) is 3.13. The van der Waals surface area contributed by atoms with E-state index in [4.69, 9.17) is 0 Å². The van der Waals surface area contributed by atoms with E-state index in [2.05, 4.69) is 0 Å². The molecule has 3 rings (SSSR count). The number of hydrogen-bond donors (Lipinski definition) is 1. The van der Waals surface area contributed by atoms with Gasteiger partial charge in [-0.1, -0.05) is 12.1 Å². The highest BCUT2D eigenvalue weighted by Gasteiger charge is 2.37. The van der Waals surface area contributed by atoms with Gasteiger partial charge in [0.1, 0.15) is 11.9 Å². The second kappa shape index (κ2) is 6.18. The number of benzene rings is 1. The van der Waals surface area contributed by atoms with Crippen LogP contribution in [0.3, 0.4) is 0 Å². The molecule has 2 heterocycles. The second-order valence-corrected chi connectivity index (χ2v) is 6.96. The number of carbonyl (C=O) groups is 1. The van der Waals surface area contributed by atoms with Crippen molar-refractivity contribution in [3.05, 3.63) is 57.5 Å². The van der Waals surface area contributed by atoms with Gasteiger partial charge in [0.05, 0.1) is 6.04 Å². The Hall–Kier alpha value is -1.72. The number of aliphatic carboxylic acids is 1. The lowest BCUT2D eigenvalue weighted by Gasteiger charge is -2.31. The van der Waals surface area contributed by atoms with Crippen LogP contribution in [0, 0.1) is 12.7 Å². The maximum Gasteiger partial charge on any atom is 0.320 e. The minimum absolute atomic E-state index is 0.122. The minimum atomic E-state index is -0.780. The van der Waals surface area contributed by atoms with Crippen LogP contribution in [0.15, 0.2) is 36.4 Å². The van der Waals surface area contributed by atoms with E-state index in [1.807, 2.05) is 24.0 Å². The van der Waals surface area contributed by atoms with Crippen LogP contribution in [0.5, 0.6) is 0 Å². The number of rotatable bonds is 4. The number of nitrogens with zero attached hydrogens (tertiary/aromatic N) is 1. The first-order valence-corrected chi connectivity index (χ1v) is 8.18. The summed E-state index contributed by atoms with van der Waals surface area (Å²) >= 11 is 1.67. The average molecular weight is 319 g/mol. The number of halogens is 1. The monoisotopic (exact) mass is 319 g/mol. The molecule has 1 aromatic carbocycles. The van der Waals surface area contributed by atoms with Crippen molar-refractivity contribution in [2.75, 3.05) is 6.54 Å². The number of likely N-dealkylation sites (tertiary alicyclic amines) is 1. The van der Waals surface area contributed by atoms with E-state index in [1.54, 1.807) is 23.5 Å². The van der Waals surface area contributed by atoms with Gasteiger partial charge in [0.15, 0.2) is 0 Å². The van der Waals surface area contributed by atoms with Crippen LogP contribution in [0.25, 0.3) is 0 Å². The molecule has 0 saturated carbocycles. The molecule has 2 atom stereocenters. The Bertz CT molecular complexity index is 668. The largest absolute Gasteiger partial charge is 0.480 e. The standard InChI is InChI=1S/C17H18FNO2S/c1-11-4-9-15(22-11)16(12-5-7-13(18)8-6-12)19-10-2-3-14(19)17(20)21/h4-9,14,16H,2-3,10H2,1H3,(H,20,21). The van der Waals surface area contributed by atoms with E-state index in [-0.39, 0.29) is 11.9 Å². The topological polar surface area (TPSA) is 40.5 Å². The SMILES string of the molecule is Cc1ccc(C(c2ccc(F)cc2)N2CCCC2C(=O)O)s1. The molecule has 22 heavy (non-hydrogen) atoms. The Kier molecular flexibility index (Phi) is 4.27. The number of aryl methyl sites for hydroxylation is 1. The summed E-state index contributed by atoms with van der Waals surface area (Å²) in [5.74, 6) is -1.06. The molecule has 0 spiro atoms. The molecule has 0 radical (unpaired) electrons. The maximum atomic E-state index is 13.2. The van der Waals surface area contributed by atoms with Crippen molar-refractivity contribution >= 4 is 17.3 Å². The number of thiophene rings is 1. The van der Waals surface area contributed by atoms with Gasteiger partial charge >= 0.3 is 5.97 Å². The molecule has 0 amide bonds. The first-order valence-electron chi connectivity index (χ1n) is 7.36. The van der Waals surface area contributed by atoms with Crippen molar-refractivity contribution in [2.45, 2.75) is 31.8 Å². The van der Waals surface area contributed by atoms with E-state index in [9.17, 15) is 14.3 Å². The van der Waals surface area contributed by atoms with Crippen LogP contribution >= 0.6 is 11.3 Å². The second-order valence-electron chi connectivity index (χ2n) is 5.64. The van der Waals surface area contributed by atoms with Crippen LogP contribution in [0.2, 0.25) is 0 Å². The molecule has 1 aromatic heterocycles. The first kappa shape index (κ1) is 15.2. The Labute approximate surface area is 133 Å². The number of carboxylic acid groups (broad SMARTS) is 1. The molecule has 5 heteroatoms. The van der Waals surface area contributed by atoms with Gasteiger partial charge < -0.3 is 5.11 Å². The summed E-state index contributed by atoms with van der Waals surface area (Å²) in [5, 5.41) is 9.48. The number of carboxylic acids is 1. The highest BCUT2D eigenvalue weighted by Crippen LogP contribution is 2.37. The van der Waals surface area contributed by atoms with Crippen LogP contribution in [0.4, 0.5) is 4.39 Å². The van der Waals surface area contributed by atoms with E-state index < -0.39 is 12.0 Å². The molecule has 1 N–H and O–H groups in total. The molecule has 1 aliphatic rings. The lowest BCUT2D eigenvalue weighted by Crippen LogP contribution is -2.39. The highest BCUT2D eigenvalue weighted by atomic mass is 32.1. The molecular weight excluding hydrogens is 301 g/mol. The third-order valence-corrected chi connectivity index (χ3v) is 5.18. The first-order chi connectivity index (χ1) is 10.6. The Morgan fingerprint density at radius 1 is 1.32 bits per heavy atom. The Morgan fingerprint density at radius 2 is 2.05 bits per heavy atom. The fraction of sp³-hybridized carbons (Fsp3) is 0.353. The summed E-state index contributed by atoms with van der Waals surface area (Å²) in [4.78, 5) is 15.9. The van der Waals surface area contributed by atoms with Gasteiger partial charge in [-0.25, -0.2) is 4.39 Å². The predicted molar refractivity (Wildman–Crippen MR) is 84.7 cm³/mol. The van der Waals surface area contributed by atoms with E-state index >= 15 is 0 Å². The Morgan fingerprint density at radius 3 is 2.64 bits per heavy atom. The average Bonchev–Trinajstić information content (AvgIpc) is 3.11. The maximum absolute atomic E-state index is 13.2. The molecule has 2 aromatic rings. The van der Waals surface area contributed by atoms with Crippen LogP contribution in [0.1, 0.15) is 34.2 Å². The van der Waals surface area contributed by atoms with Gasteiger partial charge in [0.25, 0.3) is 0 Å². The zero-order valence-corrected chi connectivity index (χ0v) is 13.1. The molecule has 1 fully saturated rings. The van der Waals surface area contributed by atoms with E-state index in [0.717, 1.165) is 23.4 Å². The van der Waals surface area contributed by atoms with Gasteiger partial charge in [0.2, 0.25) is 0 Å². The van der Waals surface area contributed by atoms with Crippen LogP contribution in [-0.4, -0.2) is 28.6 Å². The third kappa shape index (κ3) is 2.91. The summed E-state index contributed by atoms with van der Waals surface area (Å²) in [6, 6.07) is 9.88. The van der Waals surface area contributed by atoms with Crippen LogP contribution < -0.4 is 0 Å². The summed E-state index contributed by atoms with van der Waals surface area (Å²) in [6.07, 6.45) is 1.54. The van der Waals surface area contributed by atoms with Gasteiger partial charge in [-0.2, -0.15) is 0 Å². The van der Waals surface area contributed by atoms with Crippen LogP contribution in [-0.2, 0) is 4.79 Å². The van der Waals surface area contributed by atoms with Crippen molar-refractivity contribution < 1.29 is 14.3 Å². The molecule has 2 unspecified atom stereocenters. The van der Waals surface area contributed by atoms with Crippen molar-refractivity contribution in [1.82, 2.24) is 4.90 Å².